The molecule has 3 rings (SSSR count). The van der Waals surface area contributed by atoms with Crippen LogP contribution >= 0.6 is 15.9 Å². The van der Waals surface area contributed by atoms with E-state index >= 15 is 0 Å². The van der Waals surface area contributed by atoms with Crippen LogP contribution in [-0.2, 0) is 7.05 Å². The number of ether oxygens (including phenoxy) is 2. The van der Waals surface area contributed by atoms with E-state index in [1.165, 1.54) is 0 Å². The van der Waals surface area contributed by atoms with Gasteiger partial charge < -0.3 is 14.0 Å². The Bertz CT molecular complexity index is 573. The third-order valence-electron chi connectivity index (χ3n) is 2.87. The van der Waals surface area contributed by atoms with Crippen LogP contribution in [0.5, 0.6) is 11.5 Å². The molecule has 17 heavy (non-hydrogen) atoms. The first-order valence-electron chi connectivity index (χ1n) is 5.24. The molecule has 4 nitrogen and oxygen atoms in total. The minimum absolute atomic E-state index is 0.296. The zero-order valence-electron chi connectivity index (χ0n) is 9.53. The van der Waals surface area contributed by atoms with Crippen molar-refractivity contribution in [1.29, 1.82) is 0 Å². The molecule has 0 spiro atoms. The van der Waals surface area contributed by atoms with Gasteiger partial charge in [-0.15, -0.1) is 0 Å². The number of rotatable bonds is 1. The van der Waals surface area contributed by atoms with Crippen LogP contribution in [-0.4, -0.2) is 16.3 Å². The van der Waals surface area contributed by atoms with Crippen LogP contribution in [0.3, 0.4) is 0 Å². The van der Waals surface area contributed by atoms with Crippen molar-refractivity contribution in [3.8, 4) is 22.8 Å². The number of hydrogen-bond donors (Lipinski definition) is 0. The van der Waals surface area contributed by atoms with Crippen LogP contribution in [0.2, 0.25) is 0 Å². The molecule has 0 aliphatic carbocycles. The van der Waals surface area contributed by atoms with E-state index in [9.17, 15) is 0 Å². The lowest BCUT2D eigenvalue weighted by Crippen LogP contribution is -1.93. The van der Waals surface area contributed by atoms with Gasteiger partial charge in [0.05, 0.1) is 12.0 Å². The number of aromatic nitrogens is 2. The van der Waals surface area contributed by atoms with E-state index < -0.39 is 0 Å². The van der Waals surface area contributed by atoms with Crippen LogP contribution in [0.25, 0.3) is 11.3 Å². The minimum atomic E-state index is 0.296. The van der Waals surface area contributed by atoms with E-state index in [2.05, 4.69) is 27.8 Å². The second-order valence-corrected chi connectivity index (χ2v) is 4.77. The van der Waals surface area contributed by atoms with Crippen LogP contribution in [0, 0.1) is 6.92 Å². The Morgan fingerprint density at radius 3 is 2.65 bits per heavy atom. The topological polar surface area (TPSA) is 36.3 Å². The summed E-state index contributed by atoms with van der Waals surface area (Å²) in [7, 11) is 1.97. The van der Waals surface area contributed by atoms with Gasteiger partial charge in [-0.3, -0.25) is 0 Å². The van der Waals surface area contributed by atoms with Gasteiger partial charge in [0.1, 0.15) is 4.60 Å². The standard InChI is InChI=1S/C12H11BrN2O2/c1-7-3-9-10(17-6-16-9)4-8(7)11-12(13)14-5-15(11)2/h3-5H,6H2,1-2H3. The van der Waals surface area contributed by atoms with Gasteiger partial charge in [0.2, 0.25) is 6.79 Å². The number of nitrogens with zero attached hydrogens (tertiary/aromatic N) is 2. The Morgan fingerprint density at radius 2 is 2.00 bits per heavy atom. The van der Waals surface area contributed by atoms with E-state index in [1.54, 1.807) is 6.33 Å². The van der Waals surface area contributed by atoms with E-state index in [1.807, 2.05) is 23.7 Å². The summed E-state index contributed by atoms with van der Waals surface area (Å²) in [6.07, 6.45) is 1.78. The van der Waals surface area contributed by atoms with Gasteiger partial charge in [-0.2, -0.15) is 0 Å². The fourth-order valence-electron chi connectivity index (χ4n) is 2.00. The van der Waals surface area contributed by atoms with Crippen molar-refractivity contribution >= 4 is 15.9 Å². The van der Waals surface area contributed by atoms with Crippen LogP contribution in [0.15, 0.2) is 23.1 Å². The summed E-state index contributed by atoms with van der Waals surface area (Å²) in [5.41, 5.74) is 3.28. The van der Waals surface area contributed by atoms with Crippen LogP contribution < -0.4 is 9.47 Å². The van der Waals surface area contributed by atoms with Crippen molar-refractivity contribution in [2.45, 2.75) is 6.92 Å². The van der Waals surface area contributed by atoms with Crippen molar-refractivity contribution < 1.29 is 9.47 Å². The number of hydrogen-bond acceptors (Lipinski definition) is 3. The Labute approximate surface area is 107 Å². The molecule has 88 valence electrons. The maximum atomic E-state index is 5.40. The first-order valence-corrected chi connectivity index (χ1v) is 6.03. The molecule has 0 bridgehead atoms. The zero-order valence-corrected chi connectivity index (χ0v) is 11.1. The fourth-order valence-corrected chi connectivity index (χ4v) is 2.59. The molecular formula is C12H11BrN2O2. The van der Waals surface area contributed by atoms with Crippen molar-refractivity contribution in [3.05, 3.63) is 28.6 Å². The Kier molecular flexibility index (Phi) is 2.36. The van der Waals surface area contributed by atoms with Gasteiger partial charge >= 0.3 is 0 Å². The summed E-state index contributed by atoms with van der Waals surface area (Å²) in [6.45, 7) is 2.35. The highest BCUT2D eigenvalue weighted by Gasteiger charge is 2.19. The Hall–Kier alpha value is -1.49. The van der Waals surface area contributed by atoms with E-state index in [4.69, 9.17) is 9.47 Å². The van der Waals surface area contributed by atoms with Gasteiger partial charge in [0, 0.05) is 12.6 Å². The summed E-state index contributed by atoms with van der Waals surface area (Å²) in [6, 6.07) is 4.00. The number of benzene rings is 1. The summed E-state index contributed by atoms with van der Waals surface area (Å²) in [5.74, 6) is 1.60. The smallest absolute Gasteiger partial charge is 0.231 e. The summed E-state index contributed by atoms with van der Waals surface area (Å²) in [5, 5.41) is 0. The second-order valence-electron chi connectivity index (χ2n) is 4.02. The first-order chi connectivity index (χ1) is 8.16. The highest BCUT2D eigenvalue weighted by molar-refractivity contribution is 9.10. The SMILES string of the molecule is Cc1cc2c(cc1-c1c(Br)ncn1C)OCO2. The zero-order chi connectivity index (χ0) is 12.0. The molecule has 0 N–H and O–H groups in total. The summed E-state index contributed by atoms with van der Waals surface area (Å²) >= 11 is 3.46. The maximum absolute atomic E-state index is 5.40. The first kappa shape index (κ1) is 10.7. The molecule has 2 aromatic rings. The maximum Gasteiger partial charge on any atom is 0.231 e. The summed E-state index contributed by atoms with van der Waals surface area (Å²) < 4.78 is 13.6. The molecular weight excluding hydrogens is 284 g/mol. The van der Waals surface area contributed by atoms with Gasteiger partial charge in [-0.1, -0.05) is 0 Å². The average molecular weight is 295 g/mol. The largest absolute Gasteiger partial charge is 0.454 e. The summed E-state index contributed by atoms with van der Waals surface area (Å²) in [4.78, 5) is 4.23. The molecule has 1 aromatic carbocycles. The minimum Gasteiger partial charge on any atom is -0.454 e. The number of halogens is 1. The van der Waals surface area contributed by atoms with Crippen LogP contribution in [0.4, 0.5) is 0 Å². The molecule has 1 aliphatic rings. The van der Waals surface area contributed by atoms with E-state index in [0.717, 1.165) is 32.9 Å². The highest BCUT2D eigenvalue weighted by Crippen LogP contribution is 2.39. The van der Waals surface area contributed by atoms with Gasteiger partial charge in [0.15, 0.2) is 11.5 Å². The Balaban J connectivity index is 2.22. The lowest BCUT2D eigenvalue weighted by Gasteiger charge is -2.08. The van der Waals surface area contributed by atoms with Crippen molar-refractivity contribution in [2.24, 2.45) is 7.05 Å². The predicted molar refractivity (Wildman–Crippen MR) is 67.2 cm³/mol. The van der Waals surface area contributed by atoms with Crippen molar-refractivity contribution in [2.75, 3.05) is 6.79 Å². The lowest BCUT2D eigenvalue weighted by molar-refractivity contribution is 0.174. The normalized spacial score (nSPS) is 13.1. The predicted octanol–water partition coefficient (Wildman–Crippen LogP) is 2.89. The molecule has 0 unspecified atom stereocenters. The molecule has 1 aromatic heterocycles. The van der Waals surface area contributed by atoms with E-state index in [-0.39, 0.29) is 0 Å². The molecule has 1 aliphatic heterocycles. The number of fused-ring (bicyclic) bond motifs is 1. The van der Waals surface area contributed by atoms with Gasteiger partial charge in [-0.25, -0.2) is 4.98 Å². The molecule has 2 heterocycles. The Morgan fingerprint density at radius 1 is 1.29 bits per heavy atom. The molecule has 0 atom stereocenters. The van der Waals surface area contributed by atoms with Crippen LogP contribution in [0.1, 0.15) is 5.56 Å². The molecule has 0 saturated heterocycles. The molecule has 0 saturated carbocycles. The quantitative estimate of drug-likeness (QED) is 0.811. The second kappa shape index (κ2) is 3.77. The number of imidazole rings is 1. The van der Waals surface area contributed by atoms with Crippen molar-refractivity contribution in [1.82, 2.24) is 9.55 Å². The van der Waals surface area contributed by atoms with Crippen molar-refractivity contribution in [3.63, 3.8) is 0 Å². The molecule has 0 radical (unpaired) electrons. The fraction of sp³-hybridized carbons (Fsp3) is 0.250. The monoisotopic (exact) mass is 294 g/mol. The van der Waals surface area contributed by atoms with E-state index in [0.29, 0.717) is 6.79 Å². The average Bonchev–Trinajstić information content (AvgIpc) is 2.85. The van der Waals surface area contributed by atoms with Gasteiger partial charge in [-0.05, 0) is 40.5 Å². The molecule has 0 amide bonds. The third kappa shape index (κ3) is 1.61. The highest BCUT2D eigenvalue weighted by atomic mass is 79.9. The number of aryl methyl sites for hydroxylation is 2. The molecule has 5 heteroatoms. The third-order valence-corrected chi connectivity index (χ3v) is 3.45. The van der Waals surface area contributed by atoms with Gasteiger partial charge in [0.25, 0.3) is 0 Å². The molecule has 0 fully saturated rings. The lowest BCUT2D eigenvalue weighted by atomic mass is 10.1.